The number of benzene rings is 1. The Morgan fingerprint density at radius 1 is 1.03 bits per heavy atom. The second-order valence-electron chi connectivity index (χ2n) is 7.11. The molecule has 156 valence electrons. The topological polar surface area (TPSA) is 102 Å². The molecule has 9 heteroatoms. The molecule has 0 saturated carbocycles. The van der Waals surface area contributed by atoms with E-state index >= 15 is 0 Å². The van der Waals surface area contributed by atoms with Crippen molar-refractivity contribution in [2.45, 2.75) is 41.0 Å². The summed E-state index contributed by atoms with van der Waals surface area (Å²) in [6.07, 6.45) is 0.131. The monoisotopic (exact) mass is 426 g/mol. The Balaban J connectivity index is 1.79. The molecule has 0 bridgehead atoms. The quantitative estimate of drug-likeness (QED) is 0.647. The van der Waals surface area contributed by atoms with Gasteiger partial charge in [-0.25, -0.2) is 14.6 Å². The van der Waals surface area contributed by atoms with Crippen LogP contribution in [-0.4, -0.2) is 31.6 Å². The minimum absolute atomic E-state index is 0.131. The lowest BCUT2D eigenvalue weighted by atomic mass is 10.1. The molecule has 0 unspecified atom stereocenters. The molecule has 2 aromatic heterocycles. The third kappa shape index (κ3) is 4.83. The molecule has 1 aromatic carbocycles. The van der Waals surface area contributed by atoms with E-state index in [1.165, 1.54) is 6.92 Å². The Morgan fingerprint density at radius 2 is 1.70 bits per heavy atom. The Morgan fingerprint density at radius 3 is 2.30 bits per heavy atom. The van der Waals surface area contributed by atoms with E-state index in [-0.39, 0.29) is 18.2 Å². The largest absolute Gasteiger partial charge is 0.326 e. The maximum atomic E-state index is 12.6. The summed E-state index contributed by atoms with van der Waals surface area (Å²) in [6.45, 7) is 8.96. The molecule has 3 aromatic rings. The molecule has 0 atom stereocenters. The molecule has 2 amide bonds. The van der Waals surface area contributed by atoms with E-state index in [0.29, 0.717) is 22.3 Å². The fraction of sp³-hybridized carbons (Fsp3) is 0.286. The van der Waals surface area contributed by atoms with Gasteiger partial charge in [0.25, 0.3) is 5.95 Å². The van der Waals surface area contributed by atoms with Crippen LogP contribution in [0.4, 0.5) is 11.4 Å². The summed E-state index contributed by atoms with van der Waals surface area (Å²) >= 11 is 6.24. The number of rotatable bonds is 5. The summed E-state index contributed by atoms with van der Waals surface area (Å²) < 4.78 is 1.66. The highest BCUT2D eigenvalue weighted by Crippen LogP contribution is 2.26. The van der Waals surface area contributed by atoms with Crippen molar-refractivity contribution in [3.8, 4) is 5.95 Å². The van der Waals surface area contributed by atoms with E-state index in [1.54, 1.807) is 22.9 Å². The zero-order chi connectivity index (χ0) is 22.0. The van der Waals surface area contributed by atoms with Gasteiger partial charge in [-0.2, -0.15) is 5.10 Å². The summed E-state index contributed by atoms with van der Waals surface area (Å²) in [7, 11) is 0. The van der Waals surface area contributed by atoms with Crippen molar-refractivity contribution in [2.75, 3.05) is 10.6 Å². The van der Waals surface area contributed by atoms with Crippen molar-refractivity contribution >= 4 is 34.8 Å². The lowest BCUT2D eigenvalue weighted by Gasteiger charge is -2.10. The van der Waals surface area contributed by atoms with Gasteiger partial charge in [0.1, 0.15) is 0 Å². The number of anilines is 2. The molecule has 0 fully saturated rings. The number of halogens is 1. The van der Waals surface area contributed by atoms with Crippen LogP contribution in [0.25, 0.3) is 5.95 Å². The highest BCUT2D eigenvalue weighted by atomic mass is 35.5. The van der Waals surface area contributed by atoms with Crippen molar-refractivity contribution in [1.29, 1.82) is 0 Å². The van der Waals surface area contributed by atoms with E-state index < -0.39 is 0 Å². The van der Waals surface area contributed by atoms with Gasteiger partial charge in [-0.3, -0.25) is 9.59 Å². The fourth-order valence-corrected chi connectivity index (χ4v) is 3.41. The molecule has 0 radical (unpaired) electrons. The number of aromatic nitrogens is 4. The number of carbonyl (C=O) groups is 2. The number of hydrogen-bond acceptors (Lipinski definition) is 5. The second kappa shape index (κ2) is 8.62. The average molecular weight is 427 g/mol. The van der Waals surface area contributed by atoms with Crippen molar-refractivity contribution in [3.63, 3.8) is 0 Å². The number of amides is 2. The molecule has 30 heavy (non-hydrogen) atoms. The first-order chi connectivity index (χ1) is 14.1. The number of hydrogen-bond donors (Lipinski definition) is 2. The van der Waals surface area contributed by atoms with Crippen LogP contribution in [0.3, 0.4) is 0 Å². The summed E-state index contributed by atoms with van der Waals surface area (Å²) in [5, 5.41) is 10.3. The smallest absolute Gasteiger partial charge is 0.251 e. The van der Waals surface area contributed by atoms with Gasteiger partial charge in [-0.1, -0.05) is 11.6 Å². The predicted molar refractivity (Wildman–Crippen MR) is 116 cm³/mol. The average Bonchev–Trinajstić information content (AvgIpc) is 2.91. The third-order valence-electron chi connectivity index (χ3n) is 4.50. The summed E-state index contributed by atoms with van der Waals surface area (Å²) in [6, 6.07) is 6.81. The van der Waals surface area contributed by atoms with Gasteiger partial charge >= 0.3 is 0 Å². The molecule has 0 aliphatic carbocycles. The molecular weight excluding hydrogens is 404 g/mol. The van der Waals surface area contributed by atoms with Crippen LogP contribution in [0.1, 0.15) is 35.3 Å². The zero-order valence-corrected chi connectivity index (χ0v) is 18.3. The van der Waals surface area contributed by atoms with Gasteiger partial charge in [0.05, 0.1) is 22.8 Å². The number of nitrogens with one attached hydrogen (secondary N) is 2. The molecule has 8 nitrogen and oxygen atoms in total. The SMILES string of the molecule is CC(=O)Nc1ccc(NC(=O)Cc2c(C)nn(-c3nc(C)cc(C)n3)c2C)c(Cl)c1. The highest BCUT2D eigenvalue weighted by molar-refractivity contribution is 6.34. The molecule has 0 saturated heterocycles. The second-order valence-corrected chi connectivity index (χ2v) is 7.52. The van der Waals surface area contributed by atoms with Crippen LogP contribution in [0.2, 0.25) is 5.02 Å². The standard InChI is InChI=1S/C21H23ClN6O2/c1-11-8-12(2)24-21(23-11)28-14(4)17(13(3)27-28)10-20(30)26-19-7-6-16(9-18(19)22)25-15(5)29/h6-9H,10H2,1-5H3,(H,25,29)(H,26,30). The Kier molecular flexibility index (Phi) is 6.17. The summed E-state index contributed by atoms with van der Waals surface area (Å²) in [5.74, 6) is 0.0613. The van der Waals surface area contributed by atoms with Crippen LogP contribution < -0.4 is 10.6 Å². The highest BCUT2D eigenvalue weighted by Gasteiger charge is 2.18. The van der Waals surface area contributed by atoms with Crippen molar-refractivity contribution in [1.82, 2.24) is 19.7 Å². The number of aryl methyl sites for hydroxylation is 3. The summed E-state index contributed by atoms with van der Waals surface area (Å²) in [4.78, 5) is 32.7. The Bertz CT molecular complexity index is 1120. The summed E-state index contributed by atoms with van der Waals surface area (Å²) in [5.41, 5.74) is 5.07. The van der Waals surface area contributed by atoms with Gasteiger partial charge in [-0.05, 0) is 52.0 Å². The van der Waals surface area contributed by atoms with Crippen molar-refractivity contribution in [3.05, 3.63) is 57.6 Å². The minimum Gasteiger partial charge on any atom is -0.326 e. The molecule has 0 spiro atoms. The van der Waals surface area contributed by atoms with Crippen LogP contribution in [-0.2, 0) is 16.0 Å². The van der Waals surface area contributed by atoms with E-state index in [4.69, 9.17) is 11.6 Å². The lowest BCUT2D eigenvalue weighted by Crippen LogP contribution is -2.16. The van der Waals surface area contributed by atoms with E-state index in [1.807, 2.05) is 33.8 Å². The van der Waals surface area contributed by atoms with Gasteiger partial charge < -0.3 is 10.6 Å². The van der Waals surface area contributed by atoms with Gasteiger partial charge in [0, 0.05) is 35.3 Å². The van der Waals surface area contributed by atoms with Crippen LogP contribution in [0, 0.1) is 27.7 Å². The van der Waals surface area contributed by atoms with E-state index in [2.05, 4.69) is 25.7 Å². The minimum atomic E-state index is -0.226. The molecule has 2 heterocycles. The zero-order valence-electron chi connectivity index (χ0n) is 17.5. The van der Waals surface area contributed by atoms with Crippen LogP contribution >= 0.6 is 11.6 Å². The Labute approximate surface area is 179 Å². The third-order valence-corrected chi connectivity index (χ3v) is 4.81. The molecular formula is C21H23ClN6O2. The number of carbonyl (C=O) groups excluding carboxylic acids is 2. The first-order valence-electron chi connectivity index (χ1n) is 9.38. The van der Waals surface area contributed by atoms with Crippen LogP contribution in [0.15, 0.2) is 24.3 Å². The first-order valence-corrected chi connectivity index (χ1v) is 9.76. The maximum Gasteiger partial charge on any atom is 0.251 e. The fourth-order valence-electron chi connectivity index (χ4n) is 3.18. The van der Waals surface area contributed by atoms with Gasteiger partial charge in [0.15, 0.2) is 0 Å². The van der Waals surface area contributed by atoms with Crippen LogP contribution in [0.5, 0.6) is 0 Å². The van der Waals surface area contributed by atoms with Crippen molar-refractivity contribution < 1.29 is 9.59 Å². The molecule has 2 N–H and O–H groups in total. The van der Waals surface area contributed by atoms with Gasteiger partial charge in [0.2, 0.25) is 11.8 Å². The Hall–Kier alpha value is -3.26. The molecule has 3 rings (SSSR count). The normalized spacial score (nSPS) is 10.7. The predicted octanol–water partition coefficient (Wildman–Crippen LogP) is 3.69. The van der Waals surface area contributed by atoms with E-state index in [0.717, 1.165) is 28.3 Å². The molecule has 0 aliphatic heterocycles. The molecule has 0 aliphatic rings. The maximum absolute atomic E-state index is 12.6. The first kappa shape index (κ1) is 21.4. The van der Waals surface area contributed by atoms with E-state index in [9.17, 15) is 9.59 Å². The van der Waals surface area contributed by atoms with Crippen molar-refractivity contribution in [2.24, 2.45) is 0 Å². The van der Waals surface area contributed by atoms with Gasteiger partial charge in [-0.15, -0.1) is 0 Å². The number of nitrogens with zero attached hydrogens (tertiary/aromatic N) is 4. The lowest BCUT2D eigenvalue weighted by molar-refractivity contribution is -0.116.